The number of para-hydroxylation sites is 1. The highest BCUT2D eigenvalue weighted by atomic mass is 35.5. The summed E-state index contributed by atoms with van der Waals surface area (Å²) in [5, 5.41) is 2.55. The van der Waals surface area contributed by atoms with Gasteiger partial charge in [-0.15, -0.1) is 11.3 Å². The first-order valence-electron chi connectivity index (χ1n) is 10.9. The summed E-state index contributed by atoms with van der Waals surface area (Å²) in [6, 6.07) is 25.1. The van der Waals surface area contributed by atoms with Crippen LogP contribution >= 0.6 is 22.9 Å². The van der Waals surface area contributed by atoms with Crippen molar-refractivity contribution < 1.29 is 4.42 Å². The first kappa shape index (κ1) is 19.0. The number of hydrogen-bond acceptors (Lipinski definition) is 4. The van der Waals surface area contributed by atoms with Crippen LogP contribution < -0.4 is 0 Å². The Morgan fingerprint density at radius 3 is 2.70 bits per heavy atom. The molecule has 5 heteroatoms. The SMILES string of the molecule is Clc1nc(-c2cccc(C3CC=Cc4c3oc3ccccc43)c2)c2sc3ccccc3c2n1. The van der Waals surface area contributed by atoms with E-state index in [1.54, 1.807) is 11.3 Å². The van der Waals surface area contributed by atoms with Crippen LogP contribution in [0.5, 0.6) is 0 Å². The maximum Gasteiger partial charge on any atom is 0.223 e. The fraction of sp³-hybridized carbons (Fsp3) is 0.0714. The molecule has 1 aliphatic carbocycles. The third-order valence-electron chi connectivity index (χ3n) is 6.39. The number of nitrogens with zero attached hydrogens (tertiary/aromatic N) is 2. The lowest BCUT2D eigenvalue weighted by Gasteiger charge is -2.18. The average molecular weight is 465 g/mol. The second kappa shape index (κ2) is 7.27. The molecule has 1 unspecified atom stereocenters. The Morgan fingerprint density at radius 2 is 1.76 bits per heavy atom. The molecule has 0 fully saturated rings. The van der Waals surface area contributed by atoms with Gasteiger partial charge in [0.1, 0.15) is 11.3 Å². The van der Waals surface area contributed by atoms with E-state index in [1.807, 2.05) is 18.2 Å². The Balaban J connectivity index is 1.40. The molecule has 1 atom stereocenters. The molecule has 0 bridgehead atoms. The standard InChI is InChI=1S/C28H17ClN2OS/c29-28-30-24(27-25(31-28)21-10-2-4-14-23(21)33-27)17-8-5-7-16(15-17)18-11-6-12-20-19-9-1-3-13-22(19)32-26(18)20/h1-10,12-15,18H,11H2. The second-order valence-electron chi connectivity index (χ2n) is 8.31. The molecule has 0 saturated carbocycles. The predicted octanol–water partition coefficient (Wildman–Crippen LogP) is 8.46. The van der Waals surface area contributed by atoms with Gasteiger partial charge >= 0.3 is 0 Å². The van der Waals surface area contributed by atoms with Crippen molar-refractivity contribution in [3.63, 3.8) is 0 Å². The van der Waals surface area contributed by atoms with E-state index < -0.39 is 0 Å². The van der Waals surface area contributed by atoms with Gasteiger partial charge in [-0.2, -0.15) is 0 Å². The van der Waals surface area contributed by atoms with Gasteiger partial charge in [-0.05, 0) is 41.8 Å². The van der Waals surface area contributed by atoms with Crippen molar-refractivity contribution in [2.75, 3.05) is 0 Å². The molecule has 3 aromatic heterocycles. The predicted molar refractivity (Wildman–Crippen MR) is 137 cm³/mol. The summed E-state index contributed by atoms with van der Waals surface area (Å²) in [6.07, 6.45) is 5.33. The Labute approximate surface area is 199 Å². The molecule has 0 aliphatic heterocycles. The highest BCUT2D eigenvalue weighted by molar-refractivity contribution is 7.26. The average Bonchev–Trinajstić information content (AvgIpc) is 3.42. The number of allylic oxidation sites excluding steroid dienone is 1. The summed E-state index contributed by atoms with van der Waals surface area (Å²) in [5.74, 6) is 1.19. The fourth-order valence-electron chi connectivity index (χ4n) is 4.89. The minimum Gasteiger partial charge on any atom is -0.460 e. The van der Waals surface area contributed by atoms with Crippen molar-refractivity contribution in [2.45, 2.75) is 12.3 Å². The van der Waals surface area contributed by atoms with E-state index in [4.69, 9.17) is 16.0 Å². The summed E-state index contributed by atoms with van der Waals surface area (Å²) in [5.41, 5.74) is 6.16. The maximum absolute atomic E-state index is 6.39. The van der Waals surface area contributed by atoms with Crippen molar-refractivity contribution >= 4 is 60.3 Å². The van der Waals surface area contributed by atoms with E-state index in [1.165, 1.54) is 21.2 Å². The van der Waals surface area contributed by atoms with Crippen molar-refractivity contribution in [1.82, 2.24) is 9.97 Å². The number of halogens is 1. The van der Waals surface area contributed by atoms with Gasteiger partial charge in [-0.25, -0.2) is 9.97 Å². The molecule has 6 aromatic rings. The van der Waals surface area contributed by atoms with Gasteiger partial charge in [-0.1, -0.05) is 66.7 Å². The number of rotatable bonds is 2. The minimum absolute atomic E-state index is 0.160. The Kier molecular flexibility index (Phi) is 4.20. The zero-order chi connectivity index (χ0) is 21.9. The van der Waals surface area contributed by atoms with E-state index >= 15 is 0 Å². The van der Waals surface area contributed by atoms with Crippen molar-refractivity contribution in [1.29, 1.82) is 0 Å². The van der Waals surface area contributed by atoms with Crippen LogP contribution in [0, 0.1) is 0 Å². The third kappa shape index (κ3) is 2.95. The Morgan fingerprint density at radius 1 is 0.909 bits per heavy atom. The third-order valence-corrected chi connectivity index (χ3v) is 7.73. The quantitative estimate of drug-likeness (QED) is 0.241. The fourth-order valence-corrected chi connectivity index (χ4v) is 6.22. The zero-order valence-corrected chi connectivity index (χ0v) is 19.0. The van der Waals surface area contributed by atoms with Crippen LogP contribution in [0.4, 0.5) is 0 Å². The first-order valence-corrected chi connectivity index (χ1v) is 12.1. The Bertz CT molecular complexity index is 1730. The van der Waals surface area contributed by atoms with E-state index in [0.717, 1.165) is 44.6 Å². The monoisotopic (exact) mass is 464 g/mol. The second-order valence-corrected chi connectivity index (χ2v) is 9.70. The largest absolute Gasteiger partial charge is 0.460 e. The maximum atomic E-state index is 6.39. The molecule has 0 saturated heterocycles. The molecule has 0 radical (unpaired) electrons. The van der Waals surface area contributed by atoms with E-state index in [-0.39, 0.29) is 11.2 Å². The molecule has 3 heterocycles. The number of benzene rings is 3. The zero-order valence-electron chi connectivity index (χ0n) is 17.5. The van der Waals surface area contributed by atoms with Crippen molar-refractivity contribution in [3.05, 3.63) is 101 Å². The summed E-state index contributed by atoms with van der Waals surface area (Å²) in [7, 11) is 0. The van der Waals surface area contributed by atoms with Gasteiger partial charge in [-0.3, -0.25) is 0 Å². The van der Waals surface area contributed by atoms with Gasteiger partial charge in [0.2, 0.25) is 5.28 Å². The van der Waals surface area contributed by atoms with Gasteiger partial charge in [0, 0.05) is 32.5 Å². The molecule has 3 aromatic carbocycles. The van der Waals surface area contributed by atoms with Crippen molar-refractivity contribution in [2.24, 2.45) is 0 Å². The van der Waals surface area contributed by atoms with E-state index in [0.29, 0.717) is 0 Å². The molecule has 0 N–H and O–H groups in total. The number of furan rings is 1. The molecule has 7 rings (SSSR count). The molecule has 0 amide bonds. The summed E-state index contributed by atoms with van der Waals surface area (Å²) >= 11 is 8.10. The summed E-state index contributed by atoms with van der Waals surface area (Å²) in [6.45, 7) is 0. The molecular weight excluding hydrogens is 448 g/mol. The number of hydrogen-bond donors (Lipinski definition) is 0. The lowest BCUT2D eigenvalue weighted by Crippen LogP contribution is -2.04. The number of fused-ring (bicyclic) bond motifs is 6. The lowest BCUT2D eigenvalue weighted by molar-refractivity contribution is 0.517. The van der Waals surface area contributed by atoms with Crippen LogP contribution in [-0.4, -0.2) is 9.97 Å². The number of thiophene rings is 1. The highest BCUT2D eigenvalue weighted by Gasteiger charge is 2.25. The molecule has 3 nitrogen and oxygen atoms in total. The smallest absolute Gasteiger partial charge is 0.223 e. The Hall–Kier alpha value is -3.47. The summed E-state index contributed by atoms with van der Waals surface area (Å²) < 4.78 is 8.58. The van der Waals surface area contributed by atoms with Crippen LogP contribution in [0.15, 0.2) is 83.3 Å². The van der Waals surface area contributed by atoms with Crippen molar-refractivity contribution in [3.8, 4) is 11.3 Å². The molecular formula is C28H17ClN2OS. The van der Waals surface area contributed by atoms with E-state index in [9.17, 15) is 0 Å². The first-order chi connectivity index (χ1) is 16.3. The van der Waals surface area contributed by atoms with E-state index in [2.05, 4.69) is 76.7 Å². The van der Waals surface area contributed by atoms with Crippen LogP contribution in [0.3, 0.4) is 0 Å². The van der Waals surface area contributed by atoms with Gasteiger partial charge in [0.25, 0.3) is 0 Å². The summed E-state index contributed by atoms with van der Waals surface area (Å²) in [4.78, 5) is 9.22. The van der Waals surface area contributed by atoms with Crippen LogP contribution in [0.25, 0.3) is 48.6 Å². The van der Waals surface area contributed by atoms with Crippen LogP contribution in [0.2, 0.25) is 5.28 Å². The van der Waals surface area contributed by atoms with Crippen LogP contribution in [0.1, 0.15) is 29.2 Å². The van der Waals surface area contributed by atoms with Gasteiger partial charge in [0.15, 0.2) is 0 Å². The lowest BCUT2D eigenvalue weighted by atomic mass is 9.86. The topological polar surface area (TPSA) is 38.9 Å². The normalized spacial score (nSPS) is 15.5. The number of aromatic nitrogens is 2. The molecule has 0 spiro atoms. The highest BCUT2D eigenvalue weighted by Crippen LogP contribution is 2.43. The minimum atomic E-state index is 0.160. The molecule has 33 heavy (non-hydrogen) atoms. The van der Waals surface area contributed by atoms with Gasteiger partial charge in [0.05, 0.1) is 15.9 Å². The molecule has 158 valence electrons. The van der Waals surface area contributed by atoms with Gasteiger partial charge < -0.3 is 4.42 Å². The molecule has 1 aliphatic rings. The van der Waals surface area contributed by atoms with Crippen LogP contribution in [-0.2, 0) is 0 Å².